The Morgan fingerprint density at radius 2 is 1.81 bits per heavy atom. The first-order valence-electron chi connectivity index (χ1n) is 12.7. The zero-order chi connectivity index (χ0) is 26.4. The van der Waals surface area contributed by atoms with E-state index >= 15 is 0 Å². The monoisotopic (exact) mass is 519 g/mol. The zero-order valence-corrected chi connectivity index (χ0v) is 22.3. The molecule has 4 heterocycles. The second-order valence-corrected chi connectivity index (χ2v) is 12.6. The fourth-order valence-electron chi connectivity index (χ4n) is 5.86. The van der Waals surface area contributed by atoms with E-state index in [4.69, 9.17) is 5.73 Å². The van der Waals surface area contributed by atoms with Crippen molar-refractivity contribution in [2.75, 3.05) is 29.4 Å². The van der Waals surface area contributed by atoms with Gasteiger partial charge in [0.25, 0.3) is 5.91 Å². The summed E-state index contributed by atoms with van der Waals surface area (Å²) in [6.07, 6.45) is 3.29. The van der Waals surface area contributed by atoms with Gasteiger partial charge < -0.3 is 15.5 Å². The molecule has 2 atom stereocenters. The molecule has 2 aliphatic rings. The Kier molecular flexibility index (Phi) is 6.43. The molecule has 2 N–H and O–H groups in total. The van der Waals surface area contributed by atoms with Crippen molar-refractivity contribution in [3.05, 3.63) is 71.9 Å². The van der Waals surface area contributed by atoms with E-state index in [9.17, 15) is 13.2 Å². The van der Waals surface area contributed by atoms with Crippen LogP contribution in [0.15, 0.2) is 70.7 Å². The summed E-state index contributed by atoms with van der Waals surface area (Å²) in [6.45, 7) is 8.46. The summed E-state index contributed by atoms with van der Waals surface area (Å²) in [7, 11) is -4.14. The van der Waals surface area contributed by atoms with Gasteiger partial charge in [-0.3, -0.25) is 4.79 Å². The summed E-state index contributed by atoms with van der Waals surface area (Å²) in [5.41, 5.74) is 6.68. The number of carbonyl (C=O) groups excluding carboxylic acids is 1. The molecule has 2 aromatic heterocycles. The van der Waals surface area contributed by atoms with E-state index in [1.54, 1.807) is 6.07 Å². The maximum atomic E-state index is 13.9. The van der Waals surface area contributed by atoms with Gasteiger partial charge in [0.1, 0.15) is 17.2 Å². The van der Waals surface area contributed by atoms with E-state index in [2.05, 4.69) is 47.8 Å². The number of sulfone groups is 1. The maximum Gasteiger partial charge on any atom is 0.253 e. The molecular weight excluding hydrogens is 486 g/mol. The molecule has 2 unspecified atom stereocenters. The first-order chi connectivity index (χ1) is 17.6. The molecule has 37 heavy (non-hydrogen) atoms. The number of anilines is 2. The highest BCUT2D eigenvalue weighted by molar-refractivity contribution is 7.91. The third-order valence-corrected chi connectivity index (χ3v) is 9.22. The number of pyridine rings is 2. The van der Waals surface area contributed by atoms with Crippen molar-refractivity contribution in [2.24, 2.45) is 11.7 Å². The molecule has 3 aromatic rings. The van der Waals surface area contributed by atoms with Gasteiger partial charge in [-0.25, -0.2) is 18.4 Å². The fraction of sp³-hybridized carbons (Fsp3) is 0.393. The number of primary amides is 1. The van der Waals surface area contributed by atoms with Crippen LogP contribution in [0.3, 0.4) is 0 Å². The molecule has 0 bridgehead atoms. The summed E-state index contributed by atoms with van der Waals surface area (Å²) in [5, 5.41) is -0.109. The second-order valence-electron chi connectivity index (χ2n) is 10.8. The van der Waals surface area contributed by atoms with Crippen LogP contribution in [0, 0.1) is 5.92 Å². The van der Waals surface area contributed by atoms with E-state index in [1.807, 2.05) is 29.2 Å². The molecule has 0 aliphatic carbocycles. The van der Waals surface area contributed by atoms with Crippen LogP contribution in [-0.2, 0) is 9.84 Å². The lowest BCUT2D eigenvalue weighted by Gasteiger charge is -2.33. The van der Waals surface area contributed by atoms with Crippen molar-refractivity contribution in [3.8, 4) is 0 Å². The van der Waals surface area contributed by atoms with Gasteiger partial charge in [0.15, 0.2) is 5.03 Å². The Morgan fingerprint density at radius 1 is 1.05 bits per heavy atom. The highest BCUT2D eigenvalue weighted by atomic mass is 32.2. The smallest absolute Gasteiger partial charge is 0.253 e. The number of hydrogen-bond acceptors (Lipinski definition) is 7. The number of carbonyl (C=O) groups is 1. The van der Waals surface area contributed by atoms with Crippen LogP contribution in [-0.4, -0.2) is 49.5 Å². The standard InChI is InChI=1S/C28H33N5O3S/c1-19-16-28(2,3)33(17-19)27-25(26(29)34)22(12-14-30-27)37(35,36)24-11-7-10-23(31-24)32-15-13-21(18-32)20-8-5-4-6-9-20/h4-12,14,19,21H,13,15-18H2,1-3H3,(H2,29,34). The minimum Gasteiger partial charge on any atom is -0.365 e. The number of amides is 1. The van der Waals surface area contributed by atoms with Crippen LogP contribution in [0.2, 0.25) is 0 Å². The van der Waals surface area contributed by atoms with Crippen molar-refractivity contribution in [1.82, 2.24) is 9.97 Å². The number of rotatable bonds is 6. The molecule has 0 saturated carbocycles. The predicted molar refractivity (Wildman–Crippen MR) is 144 cm³/mol. The van der Waals surface area contributed by atoms with E-state index in [0.717, 1.165) is 25.9 Å². The highest BCUT2D eigenvalue weighted by Gasteiger charge is 2.40. The lowest BCUT2D eigenvalue weighted by Crippen LogP contribution is -2.40. The SMILES string of the molecule is CC1CN(c2nccc(S(=O)(=O)c3cccc(N4CCC(c5ccccc5)C4)n3)c2C(N)=O)C(C)(C)C1. The Morgan fingerprint density at radius 3 is 2.49 bits per heavy atom. The van der Waals surface area contributed by atoms with Gasteiger partial charge in [-0.15, -0.1) is 0 Å². The number of aromatic nitrogens is 2. The summed E-state index contributed by atoms with van der Waals surface area (Å²) < 4.78 is 27.7. The average Bonchev–Trinajstić information content (AvgIpc) is 3.47. The minimum absolute atomic E-state index is 0.0813. The van der Waals surface area contributed by atoms with E-state index in [1.165, 1.54) is 23.9 Å². The van der Waals surface area contributed by atoms with Crippen molar-refractivity contribution < 1.29 is 13.2 Å². The lowest BCUT2D eigenvalue weighted by molar-refractivity contribution is 0.0997. The molecule has 5 rings (SSSR count). The van der Waals surface area contributed by atoms with Gasteiger partial charge >= 0.3 is 0 Å². The molecule has 2 saturated heterocycles. The second kappa shape index (κ2) is 9.45. The first-order valence-corrected chi connectivity index (χ1v) is 14.1. The largest absolute Gasteiger partial charge is 0.365 e. The lowest BCUT2D eigenvalue weighted by atomic mass is 9.97. The van der Waals surface area contributed by atoms with Gasteiger partial charge in [-0.05, 0) is 56.4 Å². The Hall–Kier alpha value is -3.46. The number of nitrogens with two attached hydrogens (primary N) is 1. The van der Waals surface area contributed by atoms with Crippen LogP contribution in [0.25, 0.3) is 0 Å². The summed E-state index contributed by atoms with van der Waals surface area (Å²) >= 11 is 0. The number of hydrogen-bond donors (Lipinski definition) is 1. The van der Waals surface area contributed by atoms with Crippen LogP contribution < -0.4 is 15.5 Å². The Labute approximate surface area is 218 Å². The topological polar surface area (TPSA) is 109 Å². The molecule has 0 spiro atoms. The van der Waals surface area contributed by atoms with Crippen LogP contribution >= 0.6 is 0 Å². The third kappa shape index (κ3) is 4.68. The Bertz CT molecular complexity index is 1420. The molecule has 0 radical (unpaired) electrons. The van der Waals surface area contributed by atoms with Gasteiger partial charge in [-0.1, -0.05) is 43.3 Å². The minimum atomic E-state index is -4.14. The average molecular weight is 520 g/mol. The predicted octanol–water partition coefficient (Wildman–Crippen LogP) is 4.03. The van der Waals surface area contributed by atoms with Crippen LogP contribution in [0.1, 0.15) is 55.5 Å². The highest BCUT2D eigenvalue weighted by Crippen LogP contribution is 2.39. The molecular formula is C28H33N5O3S. The zero-order valence-electron chi connectivity index (χ0n) is 21.5. The van der Waals surface area contributed by atoms with Gasteiger partial charge in [0, 0.05) is 37.3 Å². The van der Waals surface area contributed by atoms with Crippen molar-refractivity contribution in [1.29, 1.82) is 0 Å². The number of benzene rings is 1. The summed E-state index contributed by atoms with van der Waals surface area (Å²) in [4.78, 5) is 25.6. The van der Waals surface area contributed by atoms with E-state index < -0.39 is 15.7 Å². The first kappa shape index (κ1) is 25.2. The van der Waals surface area contributed by atoms with Crippen LogP contribution in [0.4, 0.5) is 11.6 Å². The molecule has 8 nitrogen and oxygen atoms in total. The summed E-state index contributed by atoms with van der Waals surface area (Å²) in [6, 6.07) is 16.7. The fourth-order valence-corrected chi connectivity index (χ4v) is 7.26. The number of nitrogens with zero attached hydrogens (tertiary/aromatic N) is 4. The normalized spacial score (nSPS) is 21.4. The van der Waals surface area contributed by atoms with Gasteiger partial charge in [0.2, 0.25) is 9.84 Å². The van der Waals surface area contributed by atoms with E-state index in [-0.39, 0.29) is 21.0 Å². The molecule has 1 amide bonds. The van der Waals surface area contributed by atoms with Crippen LogP contribution in [0.5, 0.6) is 0 Å². The molecule has 1 aromatic carbocycles. The molecule has 2 fully saturated rings. The van der Waals surface area contributed by atoms with Gasteiger partial charge in [0.05, 0.1) is 4.90 Å². The van der Waals surface area contributed by atoms with E-state index in [0.29, 0.717) is 30.0 Å². The third-order valence-electron chi connectivity index (χ3n) is 7.52. The van der Waals surface area contributed by atoms with Crippen molar-refractivity contribution >= 4 is 27.4 Å². The Balaban J connectivity index is 1.50. The molecule has 194 valence electrons. The maximum absolute atomic E-state index is 13.9. The van der Waals surface area contributed by atoms with Crippen molar-refractivity contribution in [2.45, 2.75) is 55.0 Å². The molecule has 2 aliphatic heterocycles. The molecule has 9 heteroatoms. The van der Waals surface area contributed by atoms with Crippen molar-refractivity contribution in [3.63, 3.8) is 0 Å². The summed E-state index contributed by atoms with van der Waals surface area (Å²) in [5.74, 6) is 0.821. The van der Waals surface area contributed by atoms with Gasteiger partial charge in [-0.2, -0.15) is 0 Å². The quantitative estimate of drug-likeness (QED) is 0.524.